The molecule has 0 bridgehead atoms. The van der Waals surface area contributed by atoms with Gasteiger partial charge in [-0.1, -0.05) is 44.2 Å². The lowest BCUT2D eigenvalue weighted by atomic mass is 10.1. The van der Waals surface area contributed by atoms with Crippen LogP contribution >= 0.6 is 0 Å². The van der Waals surface area contributed by atoms with Crippen molar-refractivity contribution in [3.05, 3.63) is 47.8 Å². The normalized spacial score (nSPS) is 10.8. The molecule has 3 nitrogen and oxygen atoms in total. The molecular weight excluding hydrogens is 210 g/mol. The van der Waals surface area contributed by atoms with Crippen molar-refractivity contribution in [2.24, 2.45) is 7.05 Å². The Bertz CT molecular complexity index is 471. The van der Waals surface area contributed by atoms with Crippen molar-refractivity contribution in [2.75, 3.05) is 5.32 Å². The van der Waals surface area contributed by atoms with Crippen LogP contribution in [0.1, 0.15) is 31.0 Å². The molecule has 0 aliphatic heterocycles. The van der Waals surface area contributed by atoms with Crippen LogP contribution in [0.5, 0.6) is 0 Å². The summed E-state index contributed by atoms with van der Waals surface area (Å²) in [4.78, 5) is 0. The van der Waals surface area contributed by atoms with Crippen LogP contribution in [0.25, 0.3) is 0 Å². The molecule has 0 spiro atoms. The van der Waals surface area contributed by atoms with Crippen molar-refractivity contribution in [3.63, 3.8) is 0 Å². The fourth-order valence-corrected chi connectivity index (χ4v) is 1.86. The minimum absolute atomic E-state index is 0.439. The Hall–Kier alpha value is -1.77. The number of hydrogen-bond acceptors (Lipinski definition) is 2. The zero-order valence-electron chi connectivity index (χ0n) is 10.6. The third kappa shape index (κ3) is 2.87. The molecule has 0 saturated carbocycles. The Morgan fingerprint density at radius 3 is 2.59 bits per heavy atom. The summed E-state index contributed by atoms with van der Waals surface area (Å²) in [7, 11) is 1.96. The van der Waals surface area contributed by atoms with E-state index in [1.807, 2.05) is 24.0 Å². The maximum atomic E-state index is 4.48. The van der Waals surface area contributed by atoms with E-state index in [0.717, 1.165) is 17.9 Å². The summed E-state index contributed by atoms with van der Waals surface area (Å²) in [6.07, 6.45) is 2.04. The highest BCUT2D eigenvalue weighted by Gasteiger charge is 2.10. The van der Waals surface area contributed by atoms with Gasteiger partial charge in [-0.25, -0.2) is 0 Å². The summed E-state index contributed by atoms with van der Waals surface area (Å²) < 4.78 is 1.86. The minimum atomic E-state index is 0.439. The van der Waals surface area contributed by atoms with Gasteiger partial charge < -0.3 is 5.32 Å². The fourth-order valence-electron chi connectivity index (χ4n) is 1.86. The number of nitrogens with zero attached hydrogens (tertiary/aromatic N) is 2. The second-order valence-corrected chi connectivity index (χ2v) is 4.60. The van der Waals surface area contributed by atoms with Crippen molar-refractivity contribution in [1.82, 2.24) is 9.78 Å². The Kier molecular flexibility index (Phi) is 3.47. The standard InChI is InChI=1S/C14H19N3/c1-11(2)14-13(10-17(3)16-14)15-9-12-7-5-4-6-8-12/h4-8,10-11,15H,9H2,1-3H3. The molecule has 0 unspecified atom stereocenters. The van der Waals surface area contributed by atoms with Crippen LogP contribution in [0.4, 0.5) is 5.69 Å². The van der Waals surface area contributed by atoms with Gasteiger partial charge in [-0.2, -0.15) is 5.10 Å². The van der Waals surface area contributed by atoms with Gasteiger partial charge in [0.15, 0.2) is 0 Å². The highest BCUT2D eigenvalue weighted by atomic mass is 15.3. The molecule has 1 heterocycles. The maximum Gasteiger partial charge on any atom is 0.0881 e. The zero-order valence-corrected chi connectivity index (χ0v) is 10.6. The second kappa shape index (κ2) is 5.04. The van der Waals surface area contributed by atoms with Crippen molar-refractivity contribution in [2.45, 2.75) is 26.3 Å². The van der Waals surface area contributed by atoms with Gasteiger partial charge in [-0.15, -0.1) is 0 Å². The number of anilines is 1. The molecule has 17 heavy (non-hydrogen) atoms. The Morgan fingerprint density at radius 2 is 1.94 bits per heavy atom. The summed E-state index contributed by atoms with van der Waals surface area (Å²) in [6.45, 7) is 5.16. The smallest absolute Gasteiger partial charge is 0.0881 e. The predicted molar refractivity (Wildman–Crippen MR) is 71.1 cm³/mol. The topological polar surface area (TPSA) is 29.9 Å². The van der Waals surface area contributed by atoms with Crippen molar-refractivity contribution < 1.29 is 0 Å². The van der Waals surface area contributed by atoms with E-state index < -0.39 is 0 Å². The van der Waals surface area contributed by atoms with E-state index in [1.165, 1.54) is 5.56 Å². The lowest BCUT2D eigenvalue weighted by molar-refractivity contribution is 0.713. The van der Waals surface area contributed by atoms with E-state index in [-0.39, 0.29) is 0 Å². The quantitative estimate of drug-likeness (QED) is 0.872. The number of hydrogen-bond donors (Lipinski definition) is 1. The van der Waals surface area contributed by atoms with Gasteiger partial charge in [0.2, 0.25) is 0 Å². The molecule has 0 saturated heterocycles. The minimum Gasteiger partial charge on any atom is -0.378 e. The Balaban J connectivity index is 2.09. The van der Waals surface area contributed by atoms with E-state index in [0.29, 0.717) is 5.92 Å². The zero-order chi connectivity index (χ0) is 12.3. The van der Waals surface area contributed by atoms with E-state index in [9.17, 15) is 0 Å². The SMILES string of the molecule is CC(C)c1nn(C)cc1NCc1ccccc1. The van der Waals surface area contributed by atoms with Crippen LogP contribution in [0.3, 0.4) is 0 Å². The predicted octanol–water partition coefficient (Wildman–Crippen LogP) is 3.16. The first-order chi connectivity index (χ1) is 8.16. The van der Waals surface area contributed by atoms with Gasteiger partial charge in [-0.05, 0) is 11.5 Å². The molecule has 1 N–H and O–H groups in total. The molecule has 2 aromatic rings. The molecule has 1 aromatic heterocycles. The summed E-state index contributed by atoms with van der Waals surface area (Å²) >= 11 is 0. The van der Waals surface area contributed by atoms with E-state index in [4.69, 9.17) is 0 Å². The van der Waals surface area contributed by atoms with Gasteiger partial charge in [0.1, 0.15) is 0 Å². The molecular formula is C14H19N3. The summed E-state index contributed by atoms with van der Waals surface area (Å²) in [6, 6.07) is 10.4. The number of aryl methyl sites for hydroxylation is 1. The lowest BCUT2D eigenvalue weighted by Crippen LogP contribution is -2.01. The first-order valence-corrected chi connectivity index (χ1v) is 5.98. The highest BCUT2D eigenvalue weighted by Crippen LogP contribution is 2.22. The van der Waals surface area contributed by atoms with Gasteiger partial charge >= 0.3 is 0 Å². The van der Waals surface area contributed by atoms with Gasteiger partial charge in [0.05, 0.1) is 11.4 Å². The second-order valence-electron chi connectivity index (χ2n) is 4.60. The van der Waals surface area contributed by atoms with Gasteiger partial charge in [0.25, 0.3) is 0 Å². The lowest BCUT2D eigenvalue weighted by Gasteiger charge is -2.08. The van der Waals surface area contributed by atoms with E-state index >= 15 is 0 Å². The van der Waals surface area contributed by atoms with E-state index in [2.05, 4.69) is 48.5 Å². The molecule has 0 atom stereocenters. The first-order valence-electron chi connectivity index (χ1n) is 5.98. The third-order valence-corrected chi connectivity index (χ3v) is 2.73. The number of rotatable bonds is 4. The molecule has 0 radical (unpaired) electrons. The monoisotopic (exact) mass is 229 g/mol. The van der Waals surface area contributed by atoms with Gasteiger partial charge in [0, 0.05) is 19.8 Å². The van der Waals surface area contributed by atoms with Gasteiger partial charge in [-0.3, -0.25) is 4.68 Å². The molecule has 0 aliphatic carbocycles. The van der Waals surface area contributed by atoms with Crippen molar-refractivity contribution in [1.29, 1.82) is 0 Å². The summed E-state index contributed by atoms with van der Waals surface area (Å²) in [5.41, 5.74) is 3.54. The summed E-state index contributed by atoms with van der Waals surface area (Å²) in [5, 5.41) is 7.92. The fraction of sp³-hybridized carbons (Fsp3) is 0.357. The molecule has 1 aromatic carbocycles. The molecule has 0 amide bonds. The highest BCUT2D eigenvalue weighted by molar-refractivity contribution is 5.48. The number of benzene rings is 1. The largest absolute Gasteiger partial charge is 0.378 e. The summed E-state index contributed by atoms with van der Waals surface area (Å²) in [5.74, 6) is 0.439. The molecule has 0 fully saturated rings. The van der Waals surface area contributed by atoms with Crippen LogP contribution in [0.15, 0.2) is 36.5 Å². The van der Waals surface area contributed by atoms with Crippen LogP contribution in [0.2, 0.25) is 0 Å². The molecule has 2 rings (SSSR count). The van der Waals surface area contributed by atoms with Crippen LogP contribution in [0, 0.1) is 0 Å². The molecule has 0 aliphatic rings. The number of nitrogens with one attached hydrogen (secondary N) is 1. The van der Waals surface area contributed by atoms with Crippen LogP contribution in [-0.4, -0.2) is 9.78 Å². The molecule has 3 heteroatoms. The first kappa shape index (κ1) is 11.7. The Morgan fingerprint density at radius 1 is 1.24 bits per heavy atom. The van der Waals surface area contributed by atoms with Crippen molar-refractivity contribution >= 4 is 5.69 Å². The average molecular weight is 229 g/mol. The average Bonchev–Trinajstić information content (AvgIpc) is 2.69. The maximum absolute atomic E-state index is 4.48. The van der Waals surface area contributed by atoms with Crippen molar-refractivity contribution in [3.8, 4) is 0 Å². The van der Waals surface area contributed by atoms with Crippen LogP contribution < -0.4 is 5.32 Å². The van der Waals surface area contributed by atoms with E-state index in [1.54, 1.807) is 0 Å². The van der Waals surface area contributed by atoms with Crippen LogP contribution in [-0.2, 0) is 13.6 Å². The number of aromatic nitrogens is 2. The molecule has 90 valence electrons. The Labute approximate surface area is 102 Å². The third-order valence-electron chi connectivity index (χ3n) is 2.73.